The van der Waals surface area contributed by atoms with Gasteiger partial charge in [0.25, 0.3) is 5.91 Å². The quantitative estimate of drug-likeness (QED) is 0.546. The Morgan fingerprint density at radius 2 is 2.03 bits per heavy atom. The van der Waals surface area contributed by atoms with Crippen LogP contribution in [0.25, 0.3) is 21.0 Å². The van der Waals surface area contributed by atoms with E-state index < -0.39 is 0 Å². The van der Waals surface area contributed by atoms with E-state index in [0.29, 0.717) is 36.1 Å². The molecule has 0 saturated carbocycles. The highest BCUT2D eigenvalue weighted by Gasteiger charge is 2.32. The molecule has 1 amide bonds. The van der Waals surface area contributed by atoms with E-state index in [1.165, 1.54) is 35.6 Å². The molecule has 5 rings (SSSR count). The first kappa shape index (κ1) is 17.7. The summed E-state index contributed by atoms with van der Waals surface area (Å²) in [5, 5.41) is 9.40. The van der Waals surface area contributed by atoms with E-state index in [4.69, 9.17) is 5.73 Å². The Bertz CT molecular complexity index is 1230. The van der Waals surface area contributed by atoms with Crippen molar-refractivity contribution in [2.75, 3.05) is 12.3 Å². The Hall–Kier alpha value is -3.40. The van der Waals surface area contributed by atoms with Crippen molar-refractivity contribution in [1.82, 2.24) is 29.6 Å². The van der Waals surface area contributed by atoms with E-state index >= 15 is 0 Å². The van der Waals surface area contributed by atoms with Gasteiger partial charge in [0.1, 0.15) is 17.2 Å². The van der Waals surface area contributed by atoms with Crippen molar-refractivity contribution in [3.8, 4) is 10.8 Å². The van der Waals surface area contributed by atoms with Crippen LogP contribution in [0, 0.1) is 5.82 Å². The van der Waals surface area contributed by atoms with Gasteiger partial charge in [-0.25, -0.2) is 14.4 Å². The molecule has 0 radical (unpaired) electrons. The van der Waals surface area contributed by atoms with Crippen LogP contribution in [0.5, 0.6) is 0 Å². The van der Waals surface area contributed by atoms with Crippen molar-refractivity contribution in [3.63, 3.8) is 0 Å². The first-order valence-corrected chi connectivity index (χ1v) is 9.85. The fraction of sp³-hybridized carbons (Fsp3) is 0.211. The molecule has 1 atom stereocenters. The molecule has 1 aliphatic heterocycles. The predicted molar refractivity (Wildman–Crippen MR) is 107 cm³/mol. The van der Waals surface area contributed by atoms with Gasteiger partial charge in [-0.05, 0) is 37.3 Å². The molecule has 0 saturated heterocycles. The van der Waals surface area contributed by atoms with E-state index in [1.54, 1.807) is 17.2 Å². The van der Waals surface area contributed by atoms with Gasteiger partial charge in [0.15, 0.2) is 16.7 Å². The molecule has 1 aliphatic rings. The summed E-state index contributed by atoms with van der Waals surface area (Å²) in [7, 11) is 0. The number of carbonyl (C=O) groups excluding carboxylic acids is 1. The number of rotatable bonds is 2. The number of nitrogen functional groups attached to an aromatic ring is 1. The summed E-state index contributed by atoms with van der Waals surface area (Å²) >= 11 is 1.48. The maximum absolute atomic E-state index is 13.2. The first-order valence-electron chi connectivity index (χ1n) is 9.03. The standard InChI is InChI=1S/C19H16FN7OS/c1-10-16-24-25-17(18-23-13-9-22-15(21)8-14(13)29-18)27(16)7-6-26(10)19(28)11-2-4-12(20)5-3-11/h2-5,8-10H,6-7H2,1H3,(H2,21,22). The monoisotopic (exact) mass is 409 g/mol. The smallest absolute Gasteiger partial charge is 0.254 e. The molecule has 1 aromatic carbocycles. The summed E-state index contributed by atoms with van der Waals surface area (Å²) < 4.78 is 16.1. The van der Waals surface area contributed by atoms with Crippen LogP contribution in [0.3, 0.4) is 0 Å². The van der Waals surface area contributed by atoms with Crippen LogP contribution in [0.2, 0.25) is 0 Å². The van der Waals surface area contributed by atoms with E-state index in [1.807, 2.05) is 11.5 Å². The van der Waals surface area contributed by atoms with Crippen LogP contribution >= 0.6 is 11.3 Å². The molecule has 146 valence electrons. The third-order valence-electron chi connectivity index (χ3n) is 5.02. The number of aromatic nitrogens is 5. The van der Waals surface area contributed by atoms with Gasteiger partial charge in [-0.1, -0.05) is 0 Å². The van der Waals surface area contributed by atoms with Gasteiger partial charge in [0.2, 0.25) is 0 Å². The number of nitrogens with zero attached hydrogens (tertiary/aromatic N) is 6. The average Bonchev–Trinajstić information content (AvgIpc) is 3.32. The number of hydrogen-bond acceptors (Lipinski definition) is 7. The number of pyridine rings is 1. The van der Waals surface area contributed by atoms with Crippen molar-refractivity contribution in [2.45, 2.75) is 19.5 Å². The van der Waals surface area contributed by atoms with Crippen LogP contribution in [-0.2, 0) is 6.54 Å². The molecular formula is C19H16FN7OS. The minimum atomic E-state index is -0.370. The van der Waals surface area contributed by atoms with Gasteiger partial charge in [-0.2, -0.15) is 0 Å². The fourth-order valence-corrected chi connectivity index (χ4v) is 4.50. The number of benzene rings is 1. The predicted octanol–water partition coefficient (Wildman–Crippen LogP) is 2.89. The number of nitrogens with two attached hydrogens (primary N) is 1. The maximum atomic E-state index is 13.2. The molecule has 0 aliphatic carbocycles. The molecule has 4 heterocycles. The number of carbonyl (C=O) groups is 1. The second kappa shape index (κ2) is 6.59. The number of hydrogen-bond donors (Lipinski definition) is 1. The van der Waals surface area contributed by atoms with Gasteiger partial charge in [0.05, 0.1) is 16.9 Å². The van der Waals surface area contributed by atoms with E-state index in [9.17, 15) is 9.18 Å². The van der Waals surface area contributed by atoms with Crippen LogP contribution in [-0.4, -0.2) is 42.1 Å². The second-order valence-corrected chi connectivity index (χ2v) is 7.84. The molecule has 0 bridgehead atoms. The lowest BCUT2D eigenvalue weighted by molar-refractivity contribution is 0.0638. The van der Waals surface area contributed by atoms with Crippen molar-refractivity contribution >= 4 is 33.3 Å². The number of thiazole rings is 1. The summed E-state index contributed by atoms with van der Waals surface area (Å²) in [6, 6.07) is 7.09. The molecule has 0 spiro atoms. The first-order chi connectivity index (χ1) is 14.0. The topological polar surface area (TPSA) is 103 Å². The summed E-state index contributed by atoms with van der Waals surface area (Å²) in [6.07, 6.45) is 1.64. The van der Waals surface area contributed by atoms with Crippen molar-refractivity contribution in [1.29, 1.82) is 0 Å². The van der Waals surface area contributed by atoms with E-state index in [0.717, 1.165) is 15.2 Å². The van der Waals surface area contributed by atoms with E-state index in [2.05, 4.69) is 20.2 Å². The Kier molecular flexibility index (Phi) is 4.02. The molecule has 4 aromatic rings. The molecule has 3 aromatic heterocycles. The zero-order valence-electron chi connectivity index (χ0n) is 15.4. The SMILES string of the molecule is CC1c2nnc(-c3nc4cnc(N)cc4s3)n2CCN1C(=O)c1ccc(F)cc1. The lowest BCUT2D eigenvalue weighted by Crippen LogP contribution is -2.41. The lowest BCUT2D eigenvalue weighted by Gasteiger charge is -2.33. The molecule has 0 fully saturated rings. The number of anilines is 1. The van der Waals surface area contributed by atoms with Crippen LogP contribution < -0.4 is 5.73 Å². The molecule has 8 nitrogen and oxygen atoms in total. The molecule has 10 heteroatoms. The van der Waals surface area contributed by atoms with Crippen molar-refractivity contribution < 1.29 is 9.18 Å². The third-order valence-corrected chi connectivity index (χ3v) is 6.04. The normalized spacial score (nSPS) is 16.2. The zero-order valence-corrected chi connectivity index (χ0v) is 16.2. The summed E-state index contributed by atoms with van der Waals surface area (Å²) in [5.41, 5.74) is 6.96. The summed E-state index contributed by atoms with van der Waals surface area (Å²) in [5.74, 6) is 1.28. The highest BCUT2D eigenvalue weighted by molar-refractivity contribution is 7.21. The summed E-state index contributed by atoms with van der Waals surface area (Å²) in [4.78, 5) is 23.3. The lowest BCUT2D eigenvalue weighted by atomic mass is 10.1. The number of fused-ring (bicyclic) bond motifs is 2. The van der Waals surface area contributed by atoms with Crippen molar-refractivity contribution in [2.24, 2.45) is 0 Å². The third kappa shape index (κ3) is 2.92. The highest BCUT2D eigenvalue weighted by Crippen LogP contribution is 2.33. The average molecular weight is 409 g/mol. The second-order valence-electron chi connectivity index (χ2n) is 6.81. The van der Waals surface area contributed by atoms with Crippen molar-refractivity contribution in [3.05, 3.63) is 53.7 Å². The number of amides is 1. The van der Waals surface area contributed by atoms with E-state index in [-0.39, 0.29) is 17.8 Å². The molecule has 2 N–H and O–H groups in total. The minimum absolute atomic E-state index is 0.158. The largest absolute Gasteiger partial charge is 0.384 e. The Balaban J connectivity index is 1.47. The van der Waals surface area contributed by atoms with Gasteiger partial charge in [-0.3, -0.25) is 4.79 Å². The fourth-order valence-electron chi connectivity index (χ4n) is 3.52. The molecular weight excluding hydrogens is 393 g/mol. The van der Waals surface area contributed by atoms with Gasteiger partial charge >= 0.3 is 0 Å². The minimum Gasteiger partial charge on any atom is -0.384 e. The molecule has 29 heavy (non-hydrogen) atoms. The van der Waals surface area contributed by atoms with Crippen LogP contribution in [0.4, 0.5) is 10.2 Å². The van der Waals surface area contributed by atoms with Gasteiger partial charge in [-0.15, -0.1) is 21.5 Å². The highest BCUT2D eigenvalue weighted by atomic mass is 32.1. The number of halogens is 1. The maximum Gasteiger partial charge on any atom is 0.254 e. The van der Waals surface area contributed by atoms with Gasteiger partial charge < -0.3 is 15.2 Å². The van der Waals surface area contributed by atoms with Gasteiger partial charge in [0, 0.05) is 18.7 Å². The molecule has 1 unspecified atom stereocenters. The Labute approximate surface area is 168 Å². The van der Waals surface area contributed by atoms with Crippen LogP contribution in [0.1, 0.15) is 29.1 Å². The summed E-state index contributed by atoms with van der Waals surface area (Å²) in [6.45, 7) is 2.95. The Morgan fingerprint density at radius 3 is 2.83 bits per heavy atom. The van der Waals surface area contributed by atoms with Crippen LogP contribution in [0.15, 0.2) is 36.5 Å². The Morgan fingerprint density at radius 1 is 1.24 bits per heavy atom. The zero-order chi connectivity index (χ0) is 20.1.